The summed E-state index contributed by atoms with van der Waals surface area (Å²) in [5.74, 6) is -1.10. The molecule has 14 heteroatoms. The van der Waals surface area contributed by atoms with Gasteiger partial charge < -0.3 is 19.7 Å². The minimum atomic E-state index is -4.53. The Hall–Kier alpha value is -4.56. The molecule has 0 amide bonds. The van der Waals surface area contributed by atoms with Crippen molar-refractivity contribution in [3.63, 3.8) is 0 Å². The summed E-state index contributed by atoms with van der Waals surface area (Å²) in [5, 5.41) is 20.6. The molecule has 6 atom stereocenters. The first-order valence-electron chi connectivity index (χ1n) is 26.8. The number of alkyl halides is 6. The van der Waals surface area contributed by atoms with Gasteiger partial charge in [-0.25, -0.2) is 0 Å². The van der Waals surface area contributed by atoms with Crippen molar-refractivity contribution in [3.05, 3.63) is 82.9 Å². The molecule has 2 aliphatic carbocycles. The van der Waals surface area contributed by atoms with E-state index in [0.717, 1.165) is 101 Å². The number of hydrogen-bond acceptors (Lipinski definition) is 6. The van der Waals surface area contributed by atoms with Gasteiger partial charge in [0.25, 0.3) is 0 Å². The lowest BCUT2D eigenvalue weighted by Gasteiger charge is -2.51. The fourth-order valence-electron chi connectivity index (χ4n) is 13.8. The highest BCUT2D eigenvalue weighted by molar-refractivity contribution is 5.90. The predicted molar refractivity (Wildman–Crippen MR) is 266 cm³/mol. The maximum atomic E-state index is 14.4. The van der Waals surface area contributed by atoms with Gasteiger partial charge in [0.1, 0.15) is 22.6 Å². The SMILES string of the molecule is CC1CCC(Oc2ccc3ccc([C@@H](C)N4C5CCCC4CC(C(=O)O)C5)cc3c2C(F)(F)F)CC1.CC1CCC(Oc2ccc3ccc([C@H](C)N4C5CCCC4CC(C(=O)O)C5)cc3c2C(F)(F)F)CC1. The Morgan fingerprint density at radius 1 is 0.514 bits per heavy atom. The minimum Gasteiger partial charge on any atom is -0.490 e. The molecule has 4 bridgehead atoms. The molecular weight excluding hydrogens is 935 g/mol. The maximum absolute atomic E-state index is 14.4. The van der Waals surface area contributed by atoms with Crippen molar-refractivity contribution in [2.45, 2.75) is 204 Å². The molecule has 4 aromatic rings. The first-order valence-corrected chi connectivity index (χ1v) is 26.8. The lowest BCUT2D eigenvalue weighted by atomic mass is 9.77. The van der Waals surface area contributed by atoms with Crippen LogP contribution in [-0.2, 0) is 21.9 Å². The first-order chi connectivity index (χ1) is 34.2. The molecule has 4 saturated heterocycles. The molecule has 0 spiro atoms. The molecule has 4 aromatic carbocycles. The van der Waals surface area contributed by atoms with Gasteiger partial charge in [-0.05, 0) is 185 Å². The Bertz CT molecular complexity index is 2360. The topological polar surface area (TPSA) is 99.5 Å². The Labute approximate surface area is 419 Å². The summed E-state index contributed by atoms with van der Waals surface area (Å²) in [6.07, 6.45) is 5.89. The van der Waals surface area contributed by atoms with E-state index in [1.54, 1.807) is 36.4 Å². The van der Waals surface area contributed by atoms with Crippen LogP contribution in [-0.4, -0.2) is 68.3 Å². The van der Waals surface area contributed by atoms with E-state index >= 15 is 0 Å². The van der Waals surface area contributed by atoms with E-state index in [1.807, 2.05) is 26.0 Å². The lowest BCUT2D eigenvalue weighted by molar-refractivity contribution is -0.147. The van der Waals surface area contributed by atoms with Crippen molar-refractivity contribution < 1.29 is 55.6 Å². The fraction of sp³-hybridized carbons (Fsp3) is 0.621. The molecule has 0 radical (unpaired) electrons. The highest BCUT2D eigenvalue weighted by Crippen LogP contribution is 2.48. The molecule has 6 aliphatic rings. The third kappa shape index (κ3) is 11.2. The van der Waals surface area contributed by atoms with Crippen molar-refractivity contribution in [1.82, 2.24) is 9.80 Å². The zero-order valence-electron chi connectivity index (χ0n) is 42.1. The average molecular weight is 1010 g/mol. The molecule has 10 rings (SSSR count). The molecule has 392 valence electrons. The summed E-state index contributed by atoms with van der Waals surface area (Å²) in [7, 11) is 0. The summed E-state index contributed by atoms with van der Waals surface area (Å²) in [4.78, 5) is 28.1. The van der Waals surface area contributed by atoms with Crippen LogP contribution < -0.4 is 9.47 Å². The Morgan fingerprint density at radius 2 is 0.833 bits per heavy atom. The summed E-state index contributed by atoms with van der Waals surface area (Å²) in [6.45, 7) is 8.44. The van der Waals surface area contributed by atoms with Crippen LogP contribution in [0, 0.1) is 23.7 Å². The summed E-state index contributed by atoms with van der Waals surface area (Å²) < 4.78 is 98.6. The van der Waals surface area contributed by atoms with E-state index < -0.39 is 35.4 Å². The third-order valence-electron chi connectivity index (χ3n) is 17.7. The van der Waals surface area contributed by atoms with Crippen molar-refractivity contribution >= 4 is 33.5 Å². The van der Waals surface area contributed by atoms with Gasteiger partial charge in [-0.15, -0.1) is 0 Å². The second kappa shape index (κ2) is 21.4. The molecule has 2 saturated carbocycles. The normalized spacial score (nSPS) is 30.2. The summed E-state index contributed by atoms with van der Waals surface area (Å²) in [6, 6.07) is 17.6. The average Bonchev–Trinajstić information content (AvgIpc) is 3.33. The van der Waals surface area contributed by atoms with Crippen LogP contribution in [0.2, 0.25) is 0 Å². The largest absolute Gasteiger partial charge is 0.490 e. The zero-order valence-corrected chi connectivity index (χ0v) is 42.1. The van der Waals surface area contributed by atoms with Crippen LogP contribution in [0.4, 0.5) is 26.3 Å². The van der Waals surface area contributed by atoms with Gasteiger partial charge in [0.05, 0.1) is 24.0 Å². The van der Waals surface area contributed by atoms with E-state index in [2.05, 4.69) is 23.6 Å². The van der Waals surface area contributed by atoms with Crippen LogP contribution in [0.15, 0.2) is 60.7 Å². The van der Waals surface area contributed by atoms with Gasteiger partial charge in [0.15, 0.2) is 0 Å². The van der Waals surface area contributed by atoms with Crippen molar-refractivity contribution in [2.24, 2.45) is 23.7 Å². The lowest BCUT2D eigenvalue weighted by Crippen LogP contribution is -2.53. The predicted octanol–water partition coefficient (Wildman–Crippen LogP) is 15.2. The smallest absolute Gasteiger partial charge is 0.420 e. The first kappa shape index (κ1) is 52.3. The number of halogens is 6. The zero-order chi connectivity index (χ0) is 51.2. The number of carboxylic acid groups (broad SMARTS) is 2. The highest BCUT2D eigenvalue weighted by Gasteiger charge is 2.45. The van der Waals surface area contributed by atoms with Gasteiger partial charge >= 0.3 is 24.3 Å². The molecule has 4 aliphatic heterocycles. The summed E-state index contributed by atoms with van der Waals surface area (Å²) >= 11 is 0. The van der Waals surface area contributed by atoms with E-state index in [1.165, 1.54) is 12.1 Å². The number of carbonyl (C=O) groups is 2. The Balaban J connectivity index is 0.000000178. The van der Waals surface area contributed by atoms with Crippen LogP contribution in [0.25, 0.3) is 21.5 Å². The van der Waals surface area contributed by atoms with E-state index in [-0.39, 0.29) is 82.6 Å². The van der Waals surface area contributed by atoms with Crippen molar-refractivity contribution in [2.75, 3.05) is 0 Å². The molecule has 2 N–H and O–H groups in total. The van der Waals surface area contributed by atoms with Crippen LogP contribution in [0.3, 0.4) is 0 Å². The minimum absolute atomic E-state index is 0.0708. The molecule has 0 aromatic heterocycles. The number of nitrogens with zero attached hydrogens (tertiary/aromatic N) is 2. The van der Waals surface area contributed by atoms with Crippen LogP contribution >= 0.6 is 0 Å². The monoisotopic (exact) mass is 1010 g/mol. The van der Waals surface area contributed by atoms with Gasteiger partial charge in [-0.1, -0.05) is 63.1 Å². The number of aliphatic carboxylic acids is 2. The van der Waals surface area contributed by atoms with Gasteiger partial charge in [-0.2, -0.15) is 26.3 Å². The molecule has 4 unspecified atom stereocenters. The third-order valence-corrected chi connectivity index (χ3v) is 17.7. The van der Waals surface area contributed by atoms with Crippen molar-refractivity contribution in [1.29, 1.82) is 0 Å². The molecule has 72 heavy (non-hydrogen) atoms. The standard InChI is InChI=1S/2C29H36F3NO3/c2*1-17-6-11-24(12-7-17)36-26-13-10-19-8-9-20(16-25(19)27(26)29(30,31)32)18(2)33-22-4-3-5-23(33)15-21(14-22)28(34)35/h2*8-10,13,16-18,21-24H,3-7,11-12,14-15H2,1-2H3,(H,34,35)/t2*17?,18-,21?,22?,23?,24?/m10/s1. The number of fused-ring (bicyclic) bond motifs is 6. The van der Waals surface area contributed by atoms with E-state index in [0.29, 0.717) is 48.3 Å². The molecule has 4 heterocycles. The van der Waals surface area contributed by atoms with Crippen LogP contribution in [0.5, 0.6) is 11.5 Å². The molecule has 6 fully saturated rings. The second-order valence-corrected chi connectivity index (χ2v) is 22.6. The Kier molecular flexibility index (Phi) is 15.5. The second-order valence-electron chi connectivity index (χ2n) is 22.6. The van der Waals surface area contributed by atoms with E-state index in [9.17, 15) is 46.1 Å². The summed E-state index contributed by atoms with van der Waals surface area (Å²) in [5.41, 5.74) is 0.305. The maximum Gasteiger partial charge on any atom is 0.420 e. The van der Waals surface area contributed by atoms with Gasteiger partial charge in [-0.3, -0.25) is 19.4 Å². The van der Waals surface area contributed by atoms with Crippen molar-refractivity contribution in [3.8, 4) is 11.5 Å². The molecule has 8 nitrogen and oxygen atoms in total. The van der Waals surface area contributed by atoms with E-state index in [4.69, 9.17) is 9.47 Å². The number of piperidine rings is 4. The van der Waals surface area contributed by atoms with Gasteiger partial charge in [0, 0.05) is 36.3 Å². The number of ether oxygens (including phenoxy) is 2. The molecular formula is C58H72F6N2O6. The number of carboxylic acids is 2. The number of benzene rings is 4. The van der Waals surface area contributed by atoms with Gasteiger partial charge in [0.2, 0.25) is 0 Å². The quantitative estimate of drug-likeness (QED) is 0.152. The number of rotatable bonds is 10. The fourth-order valence-corrected chi connectivity index (χ4v) is 13.8. The number of hydrogen-bond donors (Lipinski definition) is 2. The van der Waals surface area contributed by atoms with Crippen LogP contribution in [0.1, 0.15) is 178 Å². The Morgan fingerprint density at radius 3 is 1.14 bits per heavy atom. The highest BCUT2D eigenvalue weighted by atomic mass is 19.4.